The molecule has 1 aliphatic rings. The van der Waals surface area contributed by atoms with Gasteiger partial charge in [-0.3, -0.25) is 0 Å². The Morgan fingerprint density at radius 2 is 1.67 bits per heavy atom. The Hall–Kier alpha value is -2.43. The van der Waals surface area contributed by atoms with Crippen molar-refractivity contribution in [2.45, 2.75) is 44.9 Å². The molecule has 1 saturated heterocycles. The molecule has 0 amide bonds. The first-order chi connectivity index (χ1) is 12.9. The maximum absolute atomic E-state index is 12.2. The monoisotopic (exact) mass is 370 g/mol. The van der Waals surface area contributed by atoms with Gasteiger partial charge in [0.15, 0.2) is 0 Å². The predicted molar refractivity (Wildman–Crippen MR) is 101 cm³/mol. The first kappa shape index (κ1) is 19.3. The maximum atomic E-state index is 12.2. The second-order valence-electron chi connectivity index (χ2n) is 6.81. The van der Waals surface area contributed by atoms with E-state index in [1.807, 2.05) is 18.2 Å². The number of halogens is 3. The number of benzene rings is 2. The van der Waals surface area contributed by atoms with Gasteiger partial charge in [-0.25, -0.2) is 0 Å². The highest BCUT2D eigenvalue weighted by Crippen LogP contribution is 2.22. The molecule has 1 aliphatic heterocycles. The Morgan fingerprint density at radius 3 is 2.22 bits per heavy atom. The largest absolute Gasteiger partial charge is 0.458 e. The highest BCUT2D eigenvalue weighted by Gasteiger charge is 2.23. The van der Waals surface area contributed by atoms with Crippen LogP contribution in [0.15, 0.2) is 36.4 Å². The van der Waals surface area contributed by atoms with Crippen molar-refractivity contribution in [2.24, 2.45) is 5.92 Å². The first-order valence-electron chi connectivity index (χ1n) is 9.20. The molecule has 0 spiro atoms. The van der Waals surface area contributed by atoms with Crippen molar-refractivity contribution in [1.82, 2.24) is 0 Å². The molecular formula is C23H21F3O. The fourth-order valence-corrected chi connectivity index (χ4v) is 3.20. The SMILES string of the molecule is CCCC1CCC(C#Cc2ccc3cc(C#CC(F)(F)F)ccc3c2)CO1. The number of fused-ring (bicyclic) bond motifs is 1. The fraction of sp³-hybridized carbons (Fsp3) is 0.391. The molecule has 0 aromatic heterocycles. The van der Waals surface area contributed by atoms with Crippen molar-refractivity contribution < 1.29 is 17.9 Å². The highest BCUT2D eigenvalue weighted by atomic mass is 19.4. The third-order valence-electron chi connectivity index (χ3n) is 4.59. The van der Waals surface area contributed by atoms with Gasteiger partial charge in [0.25, 0.3) is 0 Å². The molecule has 0 aliphatic carbocycles. The van der Waals surface area contributed by atoms with Gasteiger partial charge in [-0.2, -0.15) is 13.2 Å². The zero-order valence-electron chi connectivity index (χ0n) is 15.2. The van der Waals surface area contributed by atoms with Crippen molar-refractivity contribution in [1.29, 1.82) is 0 Å². The molecule has 0 bridgehead atoms. The van der Waals surface area contributed by atoms with E-state index in [0.717, 1.165) is 42.0 Å². The van der Waals surface area contributed by atoms with Crippen LogP contribution in [0.3, 0.4) is 0 Å². The molecule has 1 nitrogen and oxygen atoms in total. The summed E-state index contributed by atoms with van der Waals surface area (Å²) in [7, 11) is 0. The number of alkyl halides is 3. The van der Waals surface area contributed by atoms with Crippen LogP contribution in [-0.4, -0.2) is 18.9 Å². The smallest absolute Gasteiger partial charge is 0.377 e. The number of hydrogen-bond donors (Lipinski definition) is 0. The lowest BCUT2D eigenvalue weighted by atomic mass is 9.96. The van der Waals surface area contributed by atoms with Gasteiger partial charge in [0.2, 0.25) is 0 Å². The van der Waals surface area contributed by atoms with Crippen molar-refractivity contribution in [2.75, 3.05) is 6.61 Å². The normalized spacial score (nSPS) is 19.7. The lowest BCUT2D eigenvalue weighted by molar-refractivity contribution is -0.0696. The third-order valence-corrected chi connectivity index (χ3v) is 4.59. The van der Waals surface area contributed by atoms with Gasteiger partial charge in [-0.05, 0) is 54.3 Å². The number of hydrogen-bond acceptors (Lipinski definition) is 1. The standard InChI is InChI=1S/C23H21F3O/c1-2-3-22-11-8-19(16-27-22)5-4-17-6-9-21-15-18(7-10-20(21)14-17)12-13-23(24,25)26/h6-7,9-10,14-15,19,22H,2-3,8,11,16H2,1H3. The van der Waals surface area contributed by atoms with Crippen LogP contribution < -0.4 is 0 Å². The molecule has 2 aromatic rings. The van der Waals surface area contributed by atoms with Gasteiger partial charge in [-0.1, -0.05) is 43.2 Å². The molecule has 1 heterocycles. The summed E-state index contributed by atoms with van der Waals surface area (Å²) in [5, 5.41) is 1.78. The van der Waals surface area contributed by atoms with E-state index in [1.54, 1.807) is 18.2 Å². The molecule has 0 radical (unpaired) electrons. The molecule has 0 saturated carbocycles. The summed E-state index contributed by atoms with van der Waals surface area (Å²) in [6.07, 6.45) is 0.276. The maximum Gasteiger partial charge on any atom is 0.458 e. The summed E-state index contributed by atoms with van der Waals surface area (Å²) in [5.41, 5.74) is 1.24. The van der Waals surface area contributed by atoms with E-state index in [2.05, 4.69) is 24.7 Å². The molecular weight excluding hydrogens is 349 g/mol. The van der Waals surface area contributed by atoms with Gasteiger partial charge < -0.3 is 4.74 Å². The summed E-state index contributed by atoms with van der Waals surface area (Å²) in [5.74, 6) is 10.2. The minimum atomic E-state index is -4.48. The minimum Gasteiger partial charge on any atom is -0.377 e. The Labute approximate surface area is 157 Å². The van der Waals surface area contributed by atoms with Crippen molar-refractivity contribution in [3.8, 4) is 23.7 Å². The van der Waals surface area contributed by atoms with E-state index in [0.29, 0.717) is 18.3 Å². The number of rotatable bonds is 2. The quantitative estimate of drug-likeness (QED) is 0.616. The molecule has 27 heavy (non-hydrogen) atoms. The second-order valence-corrected chi connectivity index (χ2v) is 6.81. The van der Waals surface area contributed by atoms with Crippen LogP contribution in [0.2, 0.25) is 0 Å². The van der Waals surface area contributed by atoms with Crippen LogP contribution in [0.4, 0.5) is 13.2 Å². The second kappa shape index (κ2) is 8.51. The van der Waals surface area contributed by atoms with Crippen LogP contribution in [0.25, 0.3) is 10.8 Å². The summed E-state index contributed by atoms with van der Waals surface area (Å²) in [4.78, 5) is 0. The minimum absolute atomic E-state index is 0.258. The average molecular weight is 370 g/mol. The van der Waals surface area contributed by atoms with Gasteiger partial charge in [0.1, 0.15) is 0 Å². The van der Waals surface area contributed by atoms with Crippen LogP contribution in [-0.2, 0) is 4.74 Å². The van der Waals surface area contributed by atoms with Gasteiger partial charge in [0.05, 0.1) is 12.7 Å². The topological polar surface area (TPSA) is 9.23 Å². The van der Waals surface area contributed by atoms with Crippen molar-refractivity contribution in [3.63, 3.8) is 0 Å². The van der Waals surface area contributed by atoms with Gasteiger partial charge in [0, 0.05) is 23.0 Å². The zero-order chi connectivity index (χ0) is 19.3. The molecule has 2 aromatic carbocycles. The molecule has 2 unspecified atom stereocenters. The van der Waals surface area contributed by atoms with Crippen LogP contribution >= 0.6 is 0 Å². The highest BCUT2D eigenvalue weighted by molar-refractivity contribution is 5.85. The number of ether oxygens (including phenoxy) is 1. The lowest BCUT2D eigenvalue weighted by Crippen LogP contribution is -2.24. The average Bonchev–Trinajstić information content (AvgIpc) is 2.65. The van der Waals surface area contributed by atoms with Gasteiger partial charge >= 0.3 is 6.18 Å². The Balaban J connectivity index is 1.70. The van der Waals surface area contributed by atoms with E-state index in [9.17, 15) is 13.2 Å². The summed E-state index contributed by atoms with van der Waals surface area (Å²) >= 11 is 0. The van der Waals surface area contributed by atoms with Crippen molar-refractivity contribution in [3.05, 3.63) is 47.5 Å². The van der Waals surface area contributed by atoms with Gasteiger partial charge in [-0.15, -0.1) is 0 Å². The fourth-order valence-electron chi connectivity index (χ4n) is 3.20. The predicted octanol–water partition coefficient (Wildman–Crippen LogP) is 5.70. The first-order valence-corrected chi connectivity index (χ1v) is 9.20. The van der Waals surface area contributed by atoms with Crippen LogP contribution in [0, 0.1) is 29.6 Å². The summed E-state index contributed by atoms with van der Waals surface area (Å²) in [6.45, 7) is 2.85. The van der Waals surface area contributed by atoms with E-state index in [1.165, 1.54) is 5.92 Å². The molecule has 1 fully saturated rings. The van der Waals surface area contributed by atoms with E-state index in [-0.39, 0.29) is 5.92 Å². The summed E-state index contributed by atoms with van der Waals surface area (Å²) in [6, 6.07) is 10.7. The van der Waals surface area contributed by atoms with E-state index in [4.69, 9.17) is 4.74 Å². The van der Waals surface area contributed by atoms with E-state index >= 15 is 0 Å². The Morgan fingerprint density at radius 1 is 1.00 bits per heavy atom. The molecule has 0 N–H and O–H groups in total. The van der Waals surface area contributed by atoms with Crippen LogP contribution in [0.1, 0.15) is 43.7 Å². The van der Waals surface area contributed by atoms with Crippen LogP contribution in [0.5, 0.6) is 0 Å². The van der Waals surface area contributed by atoms with Crippen molar-refractivity contribution >= 4 is 10.8 Å². The van der Waals surface area contributed by atoms with E-state index < -0.39 is 6.18 Å². The summed E-state index contributed by atoms with van der Waals surface area (Å²) < 4.78 is 42.5. The Kier molecular flexibility index (Phi) is 6.09. The zero-order valence-corrected chi connectivity index (χ0v) is 15.2. The third kappa shape index (κ3) is 5.78. The lowest BCUT2D eigenvalue weighted by Gasteiger charge is -2.26. The molecule has 4 heteroatoms. The molecule has 140 valence electrons. The molecule has 2 atom stereocenters. The molecule has 3 rings (SSSR count). The Bertz CT molecular complexity index is 914.